The van der Waals surface area contributed by atoms with Crippen molar-refractivity contribution in [2.75, 3.05) is 28.6 Å². The molecular weight excluding hydrogens is 390 g/mol. The number of nitrogens with zero attached hydrogens (tertiary/aromatic N) is 2. The lowest BCUT2D eigenvalue weighted by Gasteiger charge is -2.33. The van der Waals surface area contributed by atoms with Gasteiger partial charge in [-0.25, -0.2) is 4.79 Å². The molecule has 0 spiro atoms. The molecule has 3 amide bonds. The molecule has 4 rings (SSSR count). The summed E-state index contributed by atoms with van der Waals surface area (Å²) in [6.07, 6.45) is 4.26. The average molecular weight is 418 g/mol. The number of rotatable bonds is 5. The maximum absolute atomic E-state index is 12.9. The van der Waals surface area contributed by atoms with Gasteiger partial charge in [-0.1, -0.05) is 6.92 Å². The van der Waals surface area contributed by atoms with Crippen molar-refractivity contribution in [2.45, 2.75) is 38.6 Å². The van der Waals surface area contributed by atoms with E-state index in [4.69, 9.17) is 5.26 Å². The largest absolute Gasteiger partial charge is 0.371 e. The zero-order valence-corrected chi connectivity index (χ0v) is 17.6. The first-order chi connectivity index (χ1) is 15.0. The molecule has 7 heteroatoms. The number of benzene rings is 2. The first-order valence-electron chi connectivity index (χ1n) is 10.8. The van der Waals surface area contributed by atoms with Gasteiger partial charge in [-0.05, 0) is 74.1 Å². The van der Waals surface area contributed by atoms with Gasteiger partial charge in [0.2, 0.25) is 0 Å². The van der Waals surface area contributed by atoms with Gasteiger partial charge in [-0.2, -0.15) is 5.26 Å². The van der Waals surface area contributed by atoms with Gasteiger partial charge in [-0.15, -0.1) is 0 Å². The molecule has 2 aliphatic rings. The van der Waals surface area contributed by atoms with Gasteiger partial charge in [0.15, 0.2) is 0 Å². The van der Waals surface area contributed by atoms with E-state index >= 15 is 0 Å². The van der Waals surface area contributed by atoms with Crippen LogP contribution in [0.15, 0.2) is 42.5 Å². The lowest BCUT2D eigenvalue weighted by atomic mass is 9.98. The van der Waals surface area contributed by atoms with Crippen LogP contribution in [0, 0.1) is 17.2 Å². The highest BCUT2D eigenvalue weighted by Crippen LogP contribution is 2.30. The summed E-state index contributed by atoms with van der Waals surface area (Å²) in [5, 5.41) is 17.5. The second kappa shape index (κ2) is 9.09. The van der Waals surface area contributed by atoms with E-state index in [9.17, 15) is 9.59 Å². The maximum atomic E-state index is 12.9. The van der Waals surface area contributed by atoms with E-state index in [0.29, 0.717) is 28.4 Å². The number of anilines is 3. The number of hydrogen-bond donors (Lipinski definition) is 3. The Hall–Kier alpha value is -3.53. The van der Waals surface area contributed by atoms with Crippen LogP contribution >= 0.6 is 0 Å². The predicted octanol–water partition coefficient (Wildman–Crippen LogP) is 4.33. The smallest absolute Gasteiger partial charge is 0.323 e. The topological polar surface area (TPSA) is 97.3 Å². The number of piperidine rings is 1. The Bertz CT molecular complexity index is 1000. The standard InChI is InChI=1S/C24H27N5O2/c1-16-10-12-29(13-11-16)22-9-8-20(14-21(22)23(30)26-18-6-7-18)28-24(31)27-19-4-2-17(15-25)3-5-19/h2-5,8-9,14,16,18H,6-7,10-13H2,1H3,(H,26,30)(H2,27,28,31). The molecule has 2 fully saturated rings. The minimum absolute atomic E-state index is 0.0905. The molecule has 3 N–H and O–H groups in total. The molecule has 2 aromatic rings. The normalized spacial score (nSPS) is 16.3. The van der Waals surface area contributed by atoms with Crippen LogP contribution in [0.25, 0.3) is 0 Å². The van der Waals surface area contributed by atoms with Gasteiger partial charge < -0.3 is 20.9 Å². The van der Waals surface area contributed by atoms with Crippen LogP contribution in [0.3, 0.4) is 0 Å². The molecular formula is C24H27N5O2. The Labute approximate surface area is 182 Å². The quantitative estimate of drug-likeness (QED) is 0.674. The van der Waals surface area contributed by atoms with Gasteiger partial charge in [0, 0.05) is 36.2 Å². The summed E-state index contributed by atoms with van der Waals surface area (Å²) in [5.74, 6) is 0.610. The van der Waals surface area contributed by atoms with E-state index in [1.165, 1.54) is 0 Å². The van der Waals surface area contributed by atoms with Gasteiger partial charge >= 0.3 is 6.03 Å². The van der Waals surface area contributed by atoms with Crippen molar-refractivity contribution in [3.63, 3.8) is 0 Å². The number of urea groups is 1. The van der Waals surface area contributed by atoms with E-state index in [2.05, 4.69) is 27.8 Å². The fraction of sp³-hybridized carbons (Fsp3) is 0.375. The maximum Gasteiger partial charge on any atom is 0.323 e. The zero-order valence-electron chi connectivity index (χ0n) is 17.6. The molecule has 0 unspecified atom stereocenters. The minimum Gasteiger partial charge on any atom is -0.371 e. The van der Waals surface area contributed by atoms with Crippen LogP contribution in [-0.4, -0.2) is 31.1 Å². The third-order valence-corrected chi connectivity index (χ3v) is 5.81. The molecule has 2 aromatic carbocycles. The van der Waals surface area contributed by atoms with Crippen molar-refractivity contribution in [3.05, 3.63) is 53.6 Å². The molecule has 31 heavy (non-hydrogen) atoms. The zero-order chi connectivity index (χ0) is 21.8. The van der Waals surface area contributed by atoms with Gasteiger partial charge in [0.05, 0.1) is 17.2 Å². The van der Waals surface area contributed by atoms with Crippen LogP contribution < -0.4 is 20.9 Å². The fourth-order valence-corrected chi connectivity index (χ4v) is 3.73. The van der Waals surface area contributed by atoms with E-state index in [1.54, 1.807) is 30.3 Å². The molecule has 1 aliphatic heterocycles. The molecule has 0 atom stereocenters. The Morgan fingerprint density at radius 1 is 0.968 bits per heavy atom. The summed E-state index contributed by atoms with van der Waals surface area (Å²) in [5.41, 5.74) is 3.18. The van der Waals surface area contributed by atoms with Crippen LogP contribution in [0.5, 0.6) is 0 Å². The molecule has 1 aliphatic carbocycles. The molecule has 1 heterocycles. The minimum atomic E-state index is -0.405. The summed E-state index contributed by atoms with van der Waals surface area (Å²) in [6.45, 7) is 4.12. The lowest BCUT2D eigenvalue weighted by Crippen LogP contribution is -2.35. The number of carbonyl (C=O) groups is 2. The third kappa shape index (κ3) is 5.34. The van der Waals surface area contributed by atoms with Gasteiger partial charge in [0.1, 0.15) is 0 Å². The number of carbonyl (C=O) groups excluding carboxylic acids is 2. The summed E-state index contributed by atoms with van der Waals surface area (Å²) >= 11 is 0. The van der Waals surface area contributed by atoms with Crippen molar-refractivity contribution in [3.8, 4) is 6.07 Å². The van der Waals surface area contributed by atoms with Crippen molar-refractivity contribution in [1.82, 2.24) is 5.32 Å². The Kier molecular flexibility index (Phi) is 6.08. The summed E-state index contributed by atoms with van der Waals surface area (Å²) in [6, 6.07) is 14.0. The highest BCUT2D eigenvalue weighted by atomic mass is 16.2. The number of amides is 3. The van der Waals surface area contributed by atoms with E-state index in [0.717, 1.165) is 44.5 Å². The van der Waals surface area contributed by atoms with Gasteiger partial charge in [0.25, 0.3) is 5.91 Å². The van der Waals surface area contributed by atoms with Gasteiger partial charge in [-0.3, -0.25) is 4.79 Å². The van der Waals surface area contributed by atoms with E-state index in [-0.39, 0.29) is 11.9 Å². The molecule has 0 bridgehead atoms. The summed E-state index contributed by atoms with van der Waals surface area (Å²) in [4.78, 5) is 27.6. The van der Waals surface area contributed by atoms with Crippen LogP contribution in [0.2, 0.25) is 0 Å². The highest BCUT2D eigenvalue weighted by molar-refractivity contribution is 6.04. The summed E-state index contributed by atoms with van der Waals surface area (Å²) < 4.78 is 0. The Balaban J connectivity index is 1.49. The summed E-state index contributed by atoms with van der Waals surface area (Å²) in [7, 11) is 0. The Morgan fingerprint density at radius 3 is 2.26 bits per heavy atom. The SMILES string of the molecule is CC1CCN(c2ccc(NC(=O)Nc3ccc(C#N)cc3)cc2C(=O)NC2CC2)CC1. The monoisotopic (exact) mass is 417 g/mol. The van der Waals surface area contributed by atoms with Crippen molar-refractivity contribution < 1.29 is 9.59 Å². The average Bonchev–Trinajstić information content (AvgIpc) is 3.59. The molecule has 1 saturated heterocycles. The first-order valence-corrected chi connectivity index (χ1v) is 10.8. The van der Waals surface area contributed by atoms with Crippen molar-refractivity contribution in [1.29, 1.82) is 5.26 Å². The van der Waals surface area contributed by atoms with Crippen LogP contribution in [0.4, 0.5) is 21.9 Å². The van der Waals surface area contributed by atoms with E-state index in [1.807, 2.05) is 18.2 Å². The number of nitriles is 1. The lowest BCUT2D eigenvalue weighted by molar-refractivity contribution is 0.0951. The molecule has 1 saturated carbocycles. The number of hydrogen-bond acceptors (Lipinski definition) is 4. The second-order valence-electron chi connectivity index (χ2n) is 8.42. The first kappa shape index (κ1) is 20.7. The third-order valence-electron chi connectivity index (χ3n) is 5.81. The van der Waals surface area contributed by atoms with Crippen LogP contribution in [0.1, 0.15) is 48.5 Å². The predicted molar refractivity (Wildman–Crippen MR) is 121 cm³/mol. The fourth-order valence-electron chi connectivity index (χ4n) is 3.73. The van der Waals surface area contributed by atoms with E-state index < -0.39 is 6.03 Å². The second-order valence-corrected chi connectivity index (χ2v) is 8.42. The molecule has 0 aromatic heterocycles. The molecule has 7 nitrogen and oxygen atoms in total. The molecule has 0 radical (unpaired) electrons. The number of nitrogens with one attached hydrogen (secondary N) is 3. The van der Waals surface area contributed by atoms with Crippen molar-refractivity contribution >= 4 is 29.0 Å². The Morgan fingerprint density at radius 2 is 1.61 bits per heavy atom. The van der Waals surface area contributed by atoms with Crippen LogP contribution in [-0.2, 0) is 0 Å². The van der Waals surface area contributed by atoms with Crippen molar-refractivity contribution in [2.24, 2.45) is 5.92 Å². The highest BCUT2D eigenvalue weighted by Gasteiger charge is 2.27. The molecule has 160 valence electrons.